The summed E-state index contributed by atoms with van der Waals surface area (Å²) >= 11 is 0. The summed E-state index contributed by atoms with van der Waals surface area (Å²) in [5.41, 5.74) is 2.48. The molecule has 0 N–H and O–H groups in total. The van der Waals surface area contributed by atoms with Crippen LogP contribution in [0.4, 0.5) is 0 Å². The highest BCUT2D eigenvalue weighted by Gasteiger charge is 2.23. The van der Waals surface area contributed by atoms with E-state index in [0.717, 1.165) is 18.1 Å². The maximum atomic E-state index is 12.1. The van der Waals surface area contributed by atoms with Crippen LogP contribution in [0.3, 0.4) is 0 Å². The summed E-state index contributed by atoms with van der Waals surface area (Å²) in [7, 11) is -1.83. The van der Waals surface area contributed by atoms with Crippen LogP contribution >= 0.6 is 8.03 Å². The average Bonchev–Trinajstić information content (AvgIpc) is 2.48. The van der Waals surface area contributed by atoms with E-state index in [0.29, 0.717) is 5.75 Å². The molecule has 0 aromatic heterocycles. The Hall–Kier alpha value is -1.66. The van der Waals surface area contributed by atoms with Crippen LogP contribution in [0.15, 0.2) is 48.5 Å². The standard InChI is InChI=1S/C16H18O2P/c1-3-13-5-9-15(10-6-13)18-19(17)16-11-7-14(4-2)8-12-16/h5-12H,3-4H2,1-2H3/q+1. The molecule has 0 bridgehead atoms. The van der Waals surface area contributed by atoms with E-state index in [2.05, 4.69) is 13.8 Å². The molecule has 1 unspecified atom stereocenters. The first-order chi connectivity index (χ1) is 9.22. The van der Waals surface area contributed by atoms with Crippen molar-refractivity contribution < 1.29 is 9.09 Å². The Balaban J connectivity index is 2.06. The van der Waals surface area contributed by atoms with Crippen LogP contribution < -0.4 is 9.83 Å². The van der Waals surface area contributed by atoms with Gasteiger partial charge in [0.2, 0.25) is 5.30 Å². The Morgan fingerprint density at radius 2 is 1.32 bits per heavy atom. The Bertz CT molecular complexity index is 544. The lowest BCUT2D eigenvalue weighted by Crippen LogP contribution is -2.00. The quantitative estimate of drug-likeness (QED) is 0.761. The molecule has 0 saturated heterocycles. The summed E-state index contributed by atoms with van der Waals surface area (Å²) in [6.45, 7) is 4.20. The fourth-order valence-corrected chi connectivity index (χ4v) is 2.60. The second kappa shape index (κ2) is 6.49. The fraction of sp³-hybridized carbons (Fsp3) is 0.250. The zero-order valence-electron chi connectivity index (χ0n) is 11.3. The molecule has 98 valence electrons. The van der Waals surface area contributed by atoms with Gasteiger partial charge < -0.3 is 0 Å². The van der Waals surface area contributed by atoms with Gasteiger partial charge in [-0.25, -0.2) is 0 Å². The molecule has 0 aliphatic rings. The second-order valence-corrected chi connectivity index (χ2v) is 5.58. The van der Waals surface area contributed by atoms with Gasteiger partial charge in [0.25, 0.3) is 0 Å². The molecular formula is C16H18O2P+. The summed E-state index contributed by atoms with van der Waals surface area (Å²) in [5, 5.41) is 0.728. The van der Waals surface area contributed by atoms with Crippen molar-refractivity contribution >= 4 is 13.3 Å². The van der Waals surface area contributed by atoms with Gasteiger partial charge in [-0.15, -0.1) is 0 Å². The first kappa shape index (κ1) is 13.8. The van der Waals surface area contributed by atoms with Crippen LogP contribution in [0.2, 0.25) is 0 Å². The fourth-order valence-electron chi connectivity index (χ4n) is 1.79. The minimum atomic E-state index is -1.83. The summed E-state index contributed by atoms with van der Waals surface area (Å²) in [4.78, 5) is 0. The number of rotatable bonds is 5. The van der Waals surface area contributed by atoms with Crippen molar-refractivity contribution in [1.29, 1.82) is 0 Å². The van der Waals surface area contributed by atoms with Gasteiger partial charge in [-0.2, -0.15) is 0 Å². The molecule has 2 aromatic carbocycles. The van der Waals surface area contributed by atoms with E-state index >= 15 is 0 Å². The van der Waals surface area contributed by atoms with Crippen molar-refractivity contribution in [1.82, 2.24) is 0 Å². The molecule has 0 aliphatic heterocycles. The molecule has 0 saturated carbocycles. The Labute approximate surface area is 115 Å². The van der Waals surface area contributed by atoms with Crippen molar-refractivity contribution in [3.05, 3.63) is 59.7 Å². The number of hydrogen-bond donors (Lipinski definition) is 0. The first-order valence-corrected chi connectivity index (χ1v) is 7.73. The monoisotopic (exact) mass is 273 g/mol. The van der Waals surface area contributed by atoms with E-state index in [1.165, 1.54) is 11.1 Å². The van der Waals surface area contributed by atoms with Crippen molar-refractivity contribution in [3.8, 4) is 5.75 Å². The van der Waals surface area contributed by atoms with E-state index in [4.69, 9.17) is 4.52 Å². The minimum Gasteiger partial charge on any atom is -0.250 e. The average molecular weight is 273 g/mol. The van der Waals surface area contributed by atoms with Crippen LogP contribution in [0, 0.1) is 0 Å². The molecule has 0 spiro atoms. The molecule has 2 nitrogen and oxygen atoms in total. The molecule has 2 aromatic rings. The van der Waals surface area contributed by atoms with Gasteiger partial charge in [0.1, 0.15) is 0 Å². The molecule has 0 heterocycles. The Morgan fingerprint density at radius 3 is 1.79 bits per heavy atom. The largest absolute Gasteiger partial charge is 0.597 e. The van der Waals surface area contributed by atoms with E-state index in [1.807, 2.05) is 48.5 Å². The number of hydrogen-bond acceptors (Lipinski definition) is 2. The van der Waals surface area contributed by atoms with Gasteiger partial charge in [0, 0.05) is 0 Å². The maximum absolute atomic E-state index is 12.1. The molecule has 19 heavy (non-hydrogen) atoms. The van der Waals surface area contributed by atoms with Gasteiger partial charge in [-0.1, -0.05) is 38.1 Å². The highest BCUT2D eigenvalue weighted by atomic mass is 31.1. The normalized spacial score (nSPS) is 11.2. The van der Waals surface area contributed by atoms with Gasteiger partial charge in [0.05, 0.1) is 0 Å². The van der Waals surface area contributed by atoms with E-state index in [9.17, 15) is 4.57 Å². The van der Waals surface area contributed by atoms with E-state index in [1.54, 1.807) is 0 Å². The molecule has 2 rings (SSSR count). The summed E-state index contributed by atoms with van der Waals surface area (Å²) in [6, 6.07) is 15.5. The van der Waals surface area contributed by atoms with Crippen molar-refractivity contribution in [2.45, 2.75) is 26.7 Å². The molecule has 3 heteroatoms. The predicted octanol–water partition coefficient (Wildman–Crippen LogP) is 4.26. The van der Waals surface area contributed by atoms with Gasteiger partial charge >= 0.3 is 8.03 Å². The van der Waals surface area contributed by atoms with Crippen molar-refractivity contribution in [2.75, 3.05) is 0 Å². The van der Waals surface area contributed by atoms with Crippen LogP contribution in [0.25, 0.3) is 0 Å². The third kappa shape index (κ3) is 3.65. The third-order valence-corrected chi connectivity index (χ3v) is 4.17. The lowest BCUT2D eigenvalue weighted by atomic mass is 10.2. The van der Waals surface area contributed by atoms with Gasteiger partial charge in [0.15, 0.2) is 5.75 Å². The van der Waals surface area contributed by atoms with E-state index < -0.39 is 8.03 Å². The Morgan fingerprint density at radius 1 is 0.842 bits per heavy atom. The second-order valence-electron chi connectivity index (χ2n) is 4.37. The molecule has 0 aliphatic carbocycles. The van der Waals surface area contributed by atoms with Gasteiger partial charge in [-0.3, -0.25) is 4.52 Å². The lowest BCUT2D eigenvalue weighted by molar-refractivity contribution is 0.514. The SMILES string of the molecule is CCc1ccc(O[P+](=O)c2ccc(CC)cc2)cc1. The molecule has 1 atom stereocenters. The highest BCUT2D eigenvalue weighted by Crippen LogP contribution is 2.26. The maximum Gasteiger partial charge on any atom is 0.597 e. The summed E-state index contributed by atoms with van der Waals surface area (Å²) < 4.78 is 17.6. The topological polar surface area (TPSA) is 26.3 Å². The first-order valence-electron chi connectivity index (χ1n) is 6.56. The van der Waals surface area contributed by atoms with Gasteiger partial charge in [-0.05, 0) is 52.8 Å². The molecular weight excluding hydrogens is 255 g/mol. The predicted molar refractivity (Wildman–Crippen MR) is 79.5 cm³/mol. The molecule has 0 radical (unpaired) electrons. The zero-order chi connectivity index (χ0) is 13.7. The molecule has 0 amide bonds. The molecule has 0 fully saturated rings. The smallest absolute Gasteiger partial charge is 0.250 e. The van der Waals surface area contributed by atoms with Crippen molar-refractivity contribution in [2.24, 2.45) is 0 Å². The number of benzene rings is 2. The lowest BCUT2D eigenvalue weighted by Gasteiger charge is -1.97. The minimum absolute atomic E-state index is 0.651. The van der Waals surface area contributed by atoms with Crippen molar-refractivity contribution in [3.63, 3.8) is 0 Å². The zero-order valence-corrected chi connectivity index (χ0v) is 12.2. The number of aryl methyl sites for hydroxylation is 2. The van der Waals surface area contributed by atoms with Crippen LogP contribution in [-0.2, 0) is 17.4 Å². The third-order valence-electron chi connectivity index (χ3n) is 3.08. The van der Waals surface area contributed by atoms with Crippen LogP contribution in [0.1, 0.15) is 25.0 Å². The van der Waals surface area contributed by atoms with Crippen LogP contribution in [-0.4, -0.2) is 0 Å². The summed E-state index contributed by atoms with van der Waals surface area (Å²) in [6.07, 6.45) is 1.97. The summed E-state index contributed by atoms with van der Waals surface area (Å²) in [5.74, 6) is 0.651. The highest BCUT2D eigenvalue weighted by molar-refractivity contribution is 7.48. The Kier molecular flexibility index (Phi) is 4.70. The van der Waals surface area contributed by atoms with Crippen LogP contribution in [0.5, 0.6) is 5.75 Å². The van der Waals surface area contributed by atoms with E-state index in [-0.39, 0.29) is 0 Å².